The summed E-state index contributed by atoms with van der Waals surface area (Å²) in [6.45, 7) is 0. The maximum absolute atomic E-state index is 5.55. The van der Waals surface area contributed by atoms with Gasteiger partial charge in [0.25, 0.3) is 0 Å². The van der Waals surface area contributed by atoms with Crippen molar-refractivity contribution in [2.75, 3.05) is 0 Å². The summed E-state index contributed by atoms with van der Waals surface area (Å²) in [5.41, 5.74) is 5.55. The first kappa shape index (κ1) is 10.4. The van der Waals surface area contributed by atoms with Gasteiger partial charge in [0.15, 0.2) is 11.6 Å². The highest BCUT2D eigenvalue weighted by atomic mass is 127. The summed E-state index contributed by atoms with van der Waals surface area (Å²) in [4.78, 5) is 12.4. The number of nitrogens with two attached hydrogens (primary N) is 1. The van der Waals surface area contributed by atoms with E-state index < -0.39 is 0 Å². The van der Waals surface area contributed by atoms with Crippen LogP contribution in [0, 0.1) is 3.57 Å². The van der Waals surface area contributed by atoms with E-state index in [4.69, 9.17) is 18.0 Å². The van der Waals surface area contributed by atoms with Crippen molar-refractivity contribution in [2.24, 2.45) is 5.73 Å². The second kappa shape index (κ2) is 4.19. The SMILES string of the molecule is NC(=S)c1nccn1-c1ncncc1I. The van der Waals surface area contributed by atoms with Crippen molar-refractivity contribution in [1.82, 2.24) is 19.5 Å². The van der Waals surface area contributed by atoms with Gasteiger partial charge in [-0.25, -0.2) is 15.0 Å². The predicted molar refractivity (Wildman–Crippen MR) is 67.8 cm³/mol. The van der Waals surface area contributed by atoms with E-state index in [1.807, 2.05) is 0 Å². The number of rotatable bonds is 2. The Morgan fingerprint density at radius 1 is 1.47 bits per heavy atom. The van der Waals surface area contributed by atoms with Gasteiger partial charge >= 0.3 is 0 Å². The van der Waals surface area contributed by atoms with Gasteiger partial charge in [0.2, 0.25) is 0 Å². The number of hydrogen-bond acceptors (Lipinski definition) is 4. The second-order valence-corrected chi connectivity index (χ2v) is 4.28. The van der Waals surface area contributed by atoms with Gasteiger partial charge in [-0.05, 0) is 22.6 Å². The van der Waals surface area contributed by atoms with Crippen LogP contribution < -0.4 is 5.73 Å². The van der Waals surface area contributed by atoms with E-state index in [-0.39, 0.29) is 4.99 Å². The van der Waals surface area contributed by atoms with Crippen LogP contribution in [-0.2, 0) is 0 Å². The van der Waals surface area contributed by atoms with Crippen LogP contribution in [0.4, 0.5) is 0 Å². The number of imidazole rings is 1. The molecule has 2 aromatic heterocycles. The molecule has 2 aromatic rings. The number of halogens is 1. The first-order chi connectivity index (χ1) is 7.20. The van der Waals surface area contributed by atoms with E-state index in [0.717, 1.165) is 9.39 Å². The average Bonchev–Trinajstić information content (AvgIpc) is 2.67. The molecular weight excluding hydrogens is 325 g/mol. The molecule has 0 spiro atoms. The Morgan fingerprint density at radius 2 is 2.27 bits per heavy atom. The molecule has 0 aromatic carbocycles. The molecule has 0 fully saturated rings. The van der Waals surface area contributed by atoms with Crippen molar-refractivity contribution >= 4 is 39.8 Å². The van der Waals surface area contributed by atoms with Crippen LogP contribution in [0.3, 0.4) is 0 Å². The van der Waals surface area contributed by atoms with E-state index in [0.29, 0.717) is 5.82 Å². The van der Waals surface area contributed by atoms with Crippen LogP contribution in [0.25, 0.3) is 5.82 Å². The Labute approximate surface area is 105 Å². The molecule has 0 saturated carbocycles. The van der Waals surface area contributed by atoms with Crippen LogP contribution >= 0.6 is 34.8 Å². The minimum atomic E-state index is 0.245. The predicted octanol–water partition coefficient (Wildman–Crippen LogP) is 0.901. The van der Waals surface area contributed by atoms with Gasteiger partial charge < -0.3 is 5.73 Å². The van der Waals surface area contributed by atoms with Gasteiger partial charge in [-0.3, -0.25) is 4.57 Å². The maximum atomic E-state index is 5.55. The Bertz CT molecular complexity index is 509. The van der Waals surface area contributed by atoms with Crippen LogP contribution in [0.1, 0.15) is 5.82 Å². The minimum Gasteiger partial charge on any atom is -0.387 e. The van der Waals surface area contributed by atoms with Crippen LogP contribution in [0.15, 0.2) is 24.9 Å². The van der Waals surface area contributed by atoms with Crippen molar-refractivity contribution < 1.29 is 0 Å². The molecule has 5 nitrogen and oxygen atoms in total. The minimum absolute atomic E-state index is 0.245. The van der Waals surface area contributed by atoms with Gasteiger partial charge in [0, 0.05) is 18.6 Å². The second-order valence-electron chi connectivity index (χ2n) is 2.68. The van der Waals surface area contributed by atoms with Gasteiger partial charge in [-0.15, -0.1) is 0 Å². The quantitative estimate of drug-likeness (QED) is 0.654. The summed E-state index contributed by atoms with van der Waals surface area (Å²) in [6, 6.07) is 0. The highest BCUT2D eigenvalue weighted by molar-refractivity contribution is 14.1. The van der Waals surface area contributed by atoms with E-state index in [1.165, 1.54) is 6.33 Å². The molecule has 0 amide bonds. The smallest absolute Gasteiger partial charge is 0.173 e. The van der Waals surface area contributed by atoms with Gasteiger partial charge in [0.05, 0.1) is 3.57 Å². The lowest BCUT2D eigenvalue weighted by Gasteiger charge is -2.06. The van der Waals surface area contributed by atoms with Crippen molar-refractivity contribution in [3.8, 4) is 5.82 Å². The van der Waals surface area contributed by atoms with E-state index >= 15 is 0 Å². The average molecular weight is 331 g/mol. The number of aromatic nitrogens is 4. The van der Waals surface area contributed by atoms with Gasteiger partial charge in [-0.1, -0.05) is 12.2 Å². The molecule has 0 aliphatic rings. The van der Waals surface area contributed by atoms with E-state index in [2.05, 4.69) is 37.5 Å². The monoisotopic (exact) mass is 331 g/mol. The summed E-state index contributed by atoms with van der Waals surface area (Å²) < 4.78 is 2.65. The lowest BCUT2D eigenvalue weighted by Crippen LogP contribution is -2.17. The summed E-state index contributed by atoms with van der Waals surface area (Å²) >= 11 is 7.04. The Morgan fingerprint density at radius 3 is 2.93 bits per heavy atom. The Kier molecular flexibility index (Phi) is 2.91. The zero-order valence-electron chi connectivity index (χ0n) is 7.46. The zero-order chi connectivity index (χ0) is 10.8. The molecule has 2 heterocycles. The fourth-order valence-electron chi connectivity index (χ4n) is 1.14. The number of thiocarbonyl (C=S) groups is 1. The van der Waals surface area contributed by atoms with Crippen molar-refractivity contribution in [1.29, 1.82) is 0 Å². The third-order valence-electron chi connectivity index (χ3n) is 1.74. The molecule has 0 aliphatic carbocycles. The number of nitrogens with zero attached hydrogens (tertiary/aromatic N) is 4. The van der Waals surface area contributed by atoms with E-state index in [1.54, 1.807) is 23.2 Å². The van der Waals surface area contributed by atoms with Crippen LogP contribution in [0.5, 0.6) is 0 Å². The first-order valence-electron chi connectivity index (χ1n) is 3.99. The molecule has 0 saturated heterocycles. The Balaban J connectivity index is 2.59. The highest BCUT2D eigenvalue weighted by Crippen LogP contribution is 2.14. The maximum Gasteiger partial charge on any atom is 0.173 e. The summed E-state index contributed by atoms with van der Waals surface area (Å²) in [6.07, 6.45) is 6.58. The lowest BCUT2D eigenvalue weighted by atomic mass is 10.5. The molecular formula is C8H6IN5S. The summed E-state index contributed by atoms with van der Waals surface area (Å²) in [5.74, 6) is 1.26. The fourth-order valence-corrected chi connectivity index (χ4v) is 1.85. The van der Waals surface area contributed by atoms with Crippen molar-refractivity contribution in [2.45, 2.75) is 0 Å². The molecule has 0 atom stereocenters. The molecule has 2 N–H and O–H groups in total. The van der Waals surface area contributed by atoms with Crippen LogP contribution in [0.2, 0.25) is 0 Å². The van der Waals surface area contributed by atoms with Crippen molar-refractivity contribution in [3.63, 3.8) is 0 Å². The highest BCUT2D eigenvalue weighted by Gasteiger charge is 2.10. The standard InChI is InChI=1S/C8H6IN5S/c9-5-3-11-4-13-7(5)14-2-1-12-8(14)6(10)15/h1-4H,(H2,10,15). The van der Waals surface area contributed by atoms with Crippen molar-refractivity contribution in [3.05, 3.63) is 34.3 Å². The third-order valence-corrected chi connectivity index (χ3v) is 2.68. The molecule has 7 heteroatoms. The molecule has 76 valence electrons. The zero-order valence-corrected chi connectivity index (χ0v) is 10.4. The Hall–Kier alpha value is -1.09. The summed E-state index contributed by atoms with van der Waals surface area (Å²) in [5, 5.41) is 0. The largest absolute Gasteiger partial charge is 0.387 e. The van der Waals surface area contributed by atoms with E-state index in [9.17, 15) is 0 Å². The topological polar surface area (TPSA) is 69.6 Å². The molecule has 15 heavy (non-hydrogen) atoms. The fraction of sp³-hybridized carbons (Fsp3) is 0. The normalized spacial score (nSPS) is 10.2. The molecule has 0 unspecified atom stereocenters. The summed E-state index contributed by atoms with van der Waals surface area (Å²) in [7, 11) is 0. The number of hydrogen-bond donors (Lipinski definition) is 1. The van der Waals surface area contributed by atoms with Gasteiger partial charge in [0.1, 0.15) is 11.3 Å². The third kappa shape index (κ3) is 1.97. The lowest BCUT2D eigenvalue weighted by molar-refractivity contribution is 0.947. The molecule has 2 rings (SSSR count). The first-order valence-corrected chi connectivity index (χ1v) is 5.48. The van der Waals surface area contributed by atoms with Gasteiger partial charge in [-0.2, -0.15) is 0 Å². The molecule has 0 aliphatic heterocycles. The molecule has 0 radical (unpaired) electrons. The van der Waals surface area contributed by atoms with Crippen LogP contribution in [-0.4, -0.2) is 24.5 Å². The molecule has 0 bridgehead atoms.